The number of fused-ring (bicyclic) bond motifs is 2. The summed E-state index contributed by atoms with van der Waals surface area (Å²) < 4.78 is 0. The Bertz CT molecular complexity index is 3050. The van der Waals surface area contributed by atoms with Gasteiger partial charge in [-0.25, -0.2) is 4.79 Å². The van der Waals surface area contributed by atoms with Crippen molar-refractivity contribution < 1.29 is 63.3 Å². The van der Waals surface area contributed by atoms with E-state index in [1.54, 1.807) is 35.7 Å². The van der Waals surface area contributed by atoms with Crippen molar-refractivity contribution in [2.45, 2.75) is 176 Å². The fourth-order valence-corrected chi connectivity index (χ4v) is 13.6. The van der Waals surface area contributed by atoms with Crippen molar-refractivity contribution in [2.24, 2.45) is 61.0 Å². The van der Waals surface area contributed by atoms with E-state index < -0.39 is 139 Å². The molecule has 9 amide bonds. The van der Waals surface area contributed by atoms with Crippen molar-refractivity contribution in [3.05, 3.63) is 57.8 Å². The van der Waals surface area contributed by atoms with E-state index in [0.29, 0.717) is 29.7 Å². The average Bonchev–Trinajstić information content (AvgIpc) is 1.50. The summed E-state index contributed by atoms with van der Waals surface area (Å²) in [5.74, 6) is -8.33. The van der Waals surface area contributed by atoms with Crippen molar-refractivity contribution >= 4 is 88.3 Å². The molecule has 5 aliphatic rings. The summed E-state index contributed by atoms with van der Waals surface area (Å²) in [6.45, 7) is -1.46. The molecule has 0 bridgehead atoms. The molecule has 32 nitrogen and oxygen atoms in total. The van der Waals surface area contributed by atoms with Gasteiger partial charge >= 0.3 is 5.97 Å². The first-order valence-corrected chi connectivity index (χ1v) is 32.1. The third-order valence-electron chi connectivity index (χ3n) is 17.4. The number of carbonyl (C=O) groups is 10. The summed E-state index contributed by atoms with van der Waals surface area (Å²) in [6, 6.07) is -1.07. The maximum Gasteiger partial charge on any atom is 0.326 e. The molecule has 22 N–H and O–H groups in total. The Balaban J connectivity index is 1.02. The van der Waals surface area contributed by atoms with Gasteiger partial charge < -0.3 is 102 Å². The number of carboxylic acids is 1. The molecular formula is C59H89N19O13S. The number of amides is 9. The summed E-state index contributed by atoms with van der Waals surface area (Å²) in [6.07, 6.45) is 3.42. The number of nitrogens with zero attached hydrogens (tertiary/aromatic N) is 7. The fraction of sp³-hybridized carbons (Fsp3) is 0.610. The average molecular weight is 1300 g/mol. The quantitative estimate of drug-likeness (QED) is 0.0198. The smallest absolute Gasteiger partial charge is 0.326 e. The van der Waals surface area contributed by atoms with Gasteiger partial charge in [-0.15, -0.1) is 11.3 Å². The molecule has 3 saturated heterocycles. The molecule has 33 heteroatoms. The van der Waals surface area contributed by atoms with Crippen LogP contribution in [0.3, 0.4) is 0 Å². The molecule has 0 radical (unpaired) electrons. The van der Waals surface area contributed by atoms with Gasteiger partial charge in [0, 0.05) is 69.4 Å². The predicted molar refractivity (Wildman–Crippen MR) is 338 cm³/mol. The molecule has 4 fully saturated rings. The lowest BCUT2D eigenvalue weighted by atomic mass is 9.84. The van der Waals surface area contributed by atoms with Crippen LogP contribution < -0.4 is 66.7 Å². The first-order valence-electron chi connectivity index (χ1n) is 31.2. The van der Waals surface area contributed by atoms with Crippen LogP contribution in [0.4, 0.5) is 0 Å². The number of likely N-dealkylation sites (tertiary alicyclic amines) is 3. The number of rotatable bonds is 30. The number of nitrogens with one attached hydrogen (secondary N) is 5. The SMILES string of the molecule is NC(N)=NCCC[C@@H](N)C(=O)N[C@@H](CCCN=C(N)N)C(=O)N1CCC[C@H]1C(=O)N1C[C@H](O)C[C@H]1C(=O)NCC(=O)N[C@@H](Cc1cccs1)C(=O)N[C@@H](CO)C(=O)N1Cc2ccccc2C[C@@H]1C(=O)N1C2CCCCC2C[C@H]1C(=O)N[C@@H](CCCN=C(N)N)C(=O)O. The molecule has 1 saturated carbocycles. The number of aliphatic imine (C=N–C) groups is 3. The Morgan fingerprint density at radius 1 is 0.620 bits per heavy atom. The van der Waals surface area contributed by atoms with E-state index >= 15 is 4.79 Å². The van der Waals surface area contributed by atoms with Gasteiger partial charge in [0.05, 0.1) is 25.3 Å². The molecule has 5 heterocycles. The third-order valence-corrected chi connectivity index (χ3v) is 18.3. The largest absolute Gasteiger partial charge is 0.480 e. The Labute approximate surface area is 536 Å². The molecule has 1 aromatic carbocycles. The van der Waals surface area contributed by atoms with Gasteiger partial charge in [-0.05, 0) is 99.1 Å². The van der Waals surface area contributed by atoms with E-state index in [2.05, 4.69) is 41.6 Å². The van der Waals surface area contributed by atoms with Crippen LogP contribution in [0.25, 0.3) is 0 Å². The first-order chi connectivity index (χ1) is 43.9. The minimum Gasteiger partial charge on any atom is -0.480 e. The minimum atomic E-state index is -1.66. The first kappa shape index (κ1) is 70.8. The topological polar surface area (TPSA) is 524 Å². The predicted octanol–water partition coefficient (Wildman–Crippen LogP) is -5.02. The van der Waals surface area contributed by atoms with E-state index in [0.717, 1.165) is 29.7 Å². The molecule has 92 heavy (non-hydrogen) atoms. The lowest BCUT2D eigenvalue weighted by Gasteiger charge is -2.42. The molecule has 12 atom stereocenters. The number of hydrogen-bond donors (Lipinski definition) is 15. The number of hydrogen-bond acceptors (Lipinski definition) is 17. The summed E-state index contributed by atoms with van der Waals surface area (Å²) in [4.78, 5) is 159. The van der Waals surface area contributed by atoms with E-state index in [1.165, 1.54) is 26.0 Å². The van der Waals surface area contributed by atoms with Crippen molar-refractivity contribution in [1.29, 1.82) is 0 Å². The van der Waals surface area contributed by atoms with Gasteiger partial charge in [0.2, 0.25) is 53.2 Å². The Kier molecular flexibility index (Phi) is 25.8. The lowest BCUT2D eigenvalue weighted by molar-refractivity contribution is -0.153. The monoisotopic (exact) mass is 1300 g/mol. The minimum absolute atomic E-state index is 0.00000960. The summed E-state index contributed by atoms with van der Waals surface area (Å²) >= 11 is 1.27. The number of aliphatic hydroxyl groups is 2. The highest BCUT2D eigenvalue weighted by Gasteiger charge is 2.52. The zero-order valence-electron chi connectivity index (χ0n) is 51.4. The number of nitrogens with two attached hydrogens (primary N) is 7. The molecule has 7 rings (SSSR count). The second-order valence-electron chi connectivity index (χ2n) is 23.9. The van der Waals surface area contributed by atoms with E-state index in [1.807, 2.05) is 6.07 Å². The van der Waals surface area contributed by atoms with Crippen LogP contribution in [0.1, 0.15) is 106 Å². The maximum atomic E-state index is 15.3. The molecule has 0 spiro atoms. The number of aliphatic hydroxyl groups excluding tert-OH is 2. The van der Waals surface area contributed by atoms with Gasteiger partial charge in [-0.2, -0.15) is 0 Å². The number of β-amino-alcohol motifs (C(OH)–C–C–N with tert-alkyl or cyclic N) is 1. The Hall–Kier alpha value is -8.69. The van der Waals surface area contributed by atoms with Crippen molar-refractivity contribution in [3.8, 4) is 0 Å². The number of guanidine groups is 3. The van der Waals surface area contributed by atoms with Crippen molar-refractivity contribution in [2.75, 3.05) is 45.9 Å². The highest BCUT2D eigenvalue weighted by Crippen LogP contribution is 2.41. The van der Waals surface area contributed by atoms with Gasteiger partial charge in [0.15, 0.2) is 17.9 Å². The molecule has 2 aromatic rings. The normalized spacial score (nSPS) is 22.4. The highest BCUT2D eigenvalue weighted by atomic mass is 32.1. The van der Waals surface area contributed by atoms with Crippen LogP contribution >= 0.6 is 11.3 Å². The molecule has 2 unspecified atom stereocenters. The van der Waals surface area contributed by atoms with Gasteiger partial charge in [0.25, 0.3) is 0 Å². The molecular weight excluding hydrogens is 1210 g/mol. The zero-order valence-corrected chi connectivity index (χ0v) is 52.3. The zero-order chi connectivity index (χ0) is 66.8. The Morgan fingerprint density at radius 2 is 1.25 bits per heavy atom. The number of thiophene rings is 1. The maximum absolute atomic E-state index is 15.3. The number of carbonyl (C=O) groups excluding carboxylic acids is 9. The number of aliphatic carboxylic acids is 1. The van der Waals surface area contributed by atoms with Crippen molar-refractivity contribution in [3.63, 3.8) is 0 Å². The summed E-state index contributed by atoms with van der Waals surface area (Å²) in [5.41, 5.74) is 40.3. The van der Waals surface area contributed by atoms with Crippen molar-refractivity contribution in [1.82, 2.24) is 46.2 Å². The van der Waals surface area contributed by atoms with Crippen LogP contribution in [0.5, 0.6) is 0 Å². The van der Waals surface area contributed by atoms with Gasteiger partial charge in [-0.1, -0.05) is 43.2 Å². The second kappa shape index (κ2) is 33.6. The van der Waals surface area contributed by atoms with Crippen LogP contribution in [-0.2, 0) is 67.3 Å². The molecule has 1 aromatic heterocycles. The third kappa shape index (κ3) is 19.0. The van der Waals surface area contributed by atoms with E-state index in [9.17, 15) is 58.5 Å². The molecule has 504 valence electrons. The highest BCUT2D eigenvalue weighted by molar-refractivity contribution is 7.09. The molecule has 4 aliphatic heterocycles. The van der Waals surface area contributed by atoms with Crippen LogP contribution in [0.15, 0.2) is 56.8 Å². The summed E-state index contributed by atoms with van der Waals surface area (Å²) in [7, 11) is 0. The fourth-order valence-electron chi connectivity index (χ4n) is 12.9. The van der Waals surface area contributed by atoms with E-state index in [4.69, 9.17) is 40.1 Å². The van der Waals surface area contributed by atoms with Crippen LogP contribution in [0, 0.1) is 5.92 Å². The standard InChI is InChI=1S/C59H89N19O13S/c60-37(14-5-19-67-57(61)62)48(82)72-38(15-6-20-68-58(63)64)52(86)75-22-8-18-43(75)54(88)77-30-35(80)26-44(77)50(84)70-28-47(81)71-40(27-36-13-9-23-92-36)49(83)74-41(31-79)53(87)76-29-34-12-2-1-10-32(34)24-46(76)55(89)78-42-17-4-3-11-33(42)25-45(78)51(85)73-39(56(90)91)16-7-21-69-59(65)66/h1-2,9-10,12-13,23,33,35,37-46,79-80H,3-8,11,14-22,24-31,60H2,(H,70,84)(H,71,81)(H,72,82)(H,73,85)(H,74,83)(H,90,91)(H4,61,62,67)(H4,63,64,68)(H4,65,66,69)/t33?,35-,37-,38+,39+,40+,41+,42?,43+,44+,45+,46-/m1/s1. The van der Waals surface area contributed by atoms with E-state index in [-0.39, 0.29) is 127 Å². The van der Waals surface area contributed by atoms with Crippen LogP contribution in [0.2, 0.25) is 0 Å². The number of carboxylic acid groups (broad SMARTS) is 1. The summed E-state index contributed by atoms with van der Waals surface area (Å²) in [5, 5.41) is 46.8. The van der Waals surface area contributed by atoms with Crippen LogP contribution in [-0.4, -0.2) is 224 Å². The van der Waals surface area contributed by atoms with Gasteiger partial charge in [-0.3, -0.25) is 58.1 Å². The number of benzene rings is 1. The second-order valence-corrected chi connectivity index (χ2v) is 25.0. The Morgan fingerprint density at radius 3 is 1.89 bits per heavy atom. The van der Waals surface area contributed by atoms with Gasteiger partial charge in [0.1, 0.15) is 48.3 Å². The molecule has 1 aliphatic carbocycles. The lowest BCUT2D eigenvalue weighted by Crippen LogP contribution is -2.63.